The number of tetrazole rings is 1. The summed E-state index contributed by atoms with van der Waals surface area (Å²) in [5, 5.41) is 12.6. The summed E-state index contributed by atoms with van der Waals surface area (Å²) in [6.07, 6.45) is 0. The largest absolute Gasteiger partial charge is 0.224 e. The van der Waals surface area contributed by atoms with Crippen molar-refractivity contribution in [3.8, 4) is 11.4 Å². The van der Waals surface area contributed by atoms with E-state index in [0.29, 0.717) is 10.8 Å². The van der Waals surface area contributed by atoms with Crippen LogP contribution >= 0.6 is 11.6 Å². The number of nitrogens with zero attached hydrogens (tertiary/aromatic N) is 4. The maximum Gasteiger partial charge on any atom is 0.204 e. The van der Waals surface area contributed by atoms with Crippen LogP contribution in [0.2, 0.25) is 5.02 Å². The highest BCUT2D eigenvalue weighted by atomic mass is 35.5. The van der Waals surface area contributed by atoms with Gasteiger partial charge in [-0.25, -0.2) is 8.42 Å². The first-order valence-corrected chi connectivity index (χ1v) is 9.30. The highest BCUT2D eigenvalue weighted by Gasteiger charge is 2.15. The Bertz CT molecular complexity index is 935. The second-order valence-electron chi connectivity index (χ2n) is 5.35. The first kappa shape index (κ1) is 16.6. The van der Waals surface area contributed by atoms with Crippen molar-refractivity contribution in [2.45, 2.75) is 18.4 Å². The average molecular weight is 363 g/mol. The van der Waals surface area contributed by atoms with Crippen LogP contribution in [0, 0.1) is 6.92 Å². The molecule has 0 aliphatic carbocycles. The highest BCUT2D eigenvalue weighted by molar-refractivity contribution is 7.91. The Balaban J connectivity index is 1.71. The summed E-state index contributed by atoms with van der Waals surface area (Å²) in [6.45, 7) is 2.12. The van der Waals surface area contributed by atoms with Crippen molar-refractivity contribution in [2.24, 2.45) is 0 Å². The minimum absolute atomic E-state index is 0.113. The lowest BCUT2D eigenvalue weighted by atomic mass is 10.1. The van der Waals surface area contributed by atoms with Gasteiger partial charge in [-0.2, -0.15) is 4.80 Å². The van der Waals surface area contributed by atoms with Crippen LogP contribution in [0.5, 0.6) is 0 Å². The standard InChI is InChI=1S/C16H15ClN4O2S/c1-12-2-4-13(5-3-12)16-18-20-21(19-16)10-11-24(22,23)15-8-6-14(17)7-9-15/h2-9H,10-11H2,1H3. The van der Waals surface area contributed by atoms with Gasteiger partial charge in [0.15, 0.2) is 9.84 Å². The fourth-order valence-corrected chi connectivity index (χ4v) is 3.43. The number of aryl methyl sites for hydroxylation is 2. The van der Waals surface area contributed by atoms with E-state index in [1.807, 2.05) is 31.2 Å². The third-order valence-electron chi connectivity index (χ3n) is 3.50. The quantitative estimate of drug-likeness (QED) is 0.697. The van der Waals surface area contributed by atoms with Crippen molar-refractivity contribution >= 4 is 21.4 Å². The van der Waals surface area contributed by atoms with Crippen LogP contribution < -0.4 is 0 Å². The van der Waals surface area contributed by atoms with Crippen LogP contribution in [0.3, 0.4) is 0 Å². The van der Waals surface area contributed by atoms with E-state index in [9.17, 15) is 8.42 Å². The van der Waals surface area contributed by atoms with Crippen LogP contribution in [-0.2, 0) is 16.4 Å². The number of halogens is 1. The smallest absolute Gasteiger partial charge is 0.204 e. The maximum absolute atomic E-state index is 12.3. The first-order valence-electron chi connectivity index (χ1n) is 7.27. The molecule has 8 heteroatoms. The molecule has 24 heavy (non-hydrogen) atoms. The van der Waals surface area contributed by atoms with E-state index < -0.39 is 9.84 Å². The van der Waals surface area contributed by atoms with Gasteiger partial charge in [-0.3, -0.25) is 0 Å². The molecule has 1 heterocycles. The van der Waals surface area contributed by atoms with Gasteiger partial charge in [-0.05, 0) is 36.4 Å². The van der Waals surface area contributed by atoms with Crippen molar-refractivity contribution < 1.29 is 8.42 Å². The van der Waals surface area contributed by atoms with Crippen molar-refractivity contribution in [2.75, 3.05) is 5.75 Å². The predicted octanol–water partition coefficient (Wildman–Crippen LogP) is 2.78. The molecule has 0 aliphatic heterocycles. The van der Waals surface area contributed by atoms with Gasteiger partial charge in [0.25, 0.3) is 0 Å². The molecule has 0 spiro atoms. The number of benzene rings is 2. The van der Waals surface area contributed by atoms with Gasteiger partial charge in [0, 0.05) is 10.6 Å². The van der Waals surface area contributed by atoms with Crippen LogP contribution in [0.15, 0.2) is 53.4 Å². The molecule has 6 nitrogen and oxygen atoms in total. The average Bonchev–Trinajstić information content (AvgIpc) is 3.03. The lowest BCUT2D eigenvalue weighted by Crippen LogP contribution is -2.15. The molecule has 0 fully saturated rings. The molecule has 0 radical (unpaired) electrons. The Morgan fingerprint density at radius 3 is 2.38 bits per heavy atom. The van der Waals surface area contributed by atoms with Crippen molar-refractivity contribution in [1.82, 2.24) is 20.2 Å². The molecule has 0 amide bonds. The number of hydrogen-bond acceptors (Lipinski definition) is 5. The van der Waals surface area contributed by atoms with Gasteiger partial charge < -0.3 is 0 Å². The normalized spacial score (nSPS) is 11.6. The van der Waals surface area contributed by atoms with Crippen LogP contribution in [0.4, 0.5) is 0 Å². The van der Waals surface area contributed by atoms with E-state index in [0.717, 1.165) is 11.1 Å². The second-order valence-corrected chi connectivity index (χ2v) is 7.89. The molecular formula is C16H15ClN4O2S. The minimum atomic E-state index is -3.42. The lowest BCUT2D eigenvalue weighted by molar-refractivity contribution is 0.538. The molecule has 3 aromatic rings. The van der Waals surface area contributed by atoms with Gasteiger partial charge >= 0.3 is 0 Å². The van der Waals surface area contributed by atoms with Crippen LogP contribution in [0.25, 0.3) is 11.4 Å². The maximum atomic E-state index is 12.3. The zero-order valence-corrected chi connectivity index (χ0v) is 14.5. The molecule has 0 aliphatic rings. The summed E-state index contributed by atoms with van der Waals surface area (Å²) in [5.74, 6) is 0.358. The van der Waals surface area contributed by atoms with E-state index in [1.165, 1.54) is 16.9 Å². The minimum Gasteiger partial charge on any atom is -0.224 e. The summed E-state index contributed by atoms with van der Waals surface area (Å²) in [5.41, 5.74) is 1.98. The van der Waals surface area contributed by atoms with Gasteiger partial charge in [0.2, 0.25) is 5.82 Å². The second kappa shape index (κ2) is 6.70. The molecule has 0 N–H and O–H groups in total. The third kappa shape index (κ3) is 3.80. The van der Waals surface area contributed by atoms with Gasteiger partial charge in [0.1, 0.15) is 0 Å². The van der Waals surface area contributed by atoms with Crippen molar-refractivity contribution in [3.63, 3.8) is 0 Å². The van der Waals surface area contributed by atoms with E-state index in [2.05, 4.69) is 15.4 Å². The van der Waals surface area contributed by atoms with Crippen molar-refractivity contribution in [1.29, 1.82) is 0 Å². The zero-order chi connectivity index (χ0) is 17.2. The topological polar surface area (TPSA) is 77.7 Å². The molecule has 0 bridgehead atoms. The summed E-state index contributed by atoms with van der Waals surface area (Å²) >= 11 is 5.78. The van der Waals surface area contributed by atoms with Crippen LogP contribution in [-0.4, -0.2) is 34.4 Å². The number of aromatic nitrogens is 4. The van der Waals surface area contributed by atoms with E-state index in [-0.39, 0.29) is 17.2 Å². The zero-order valence-electron chi connectivity index (χ0n) is 12.9. The van der Waals surface area contributed by atoms with E-state index in [4.69, 9.17) is 11.6 Å². The Morgan fingerprint density at radius 2 is 1.71 bits per heavy atom. The highest BCUT2D eigenvalue weighted by Crippen LogP contribution is 2.16. The SMILES string of the molecule is Cc1ccc(-c2nnn(CCS(=O)(=O)c3ccc(Cl)cc3)n2)cc1. The number of sulfone groups is 1. The Morgan fingerprint density at radius 1 is 1.04 bits per heavy atom. The number of hydrogen-bond donors (Lipinski definition) is 0. The fourth-order valence-electron chi connectivity index (χ4n) is 2.12. The summed E-state index contributed by atoms with van der Waals surface area (Å²) in [6, 6.07) is 13.8. The Kier molecular flexibility index (Phi) is 4.64. The molecule has 2 aromatic carbocycles. The fraction of sp³-hybridized carbons (Fsp3) is 0.188. The molecular weight excluding hydrogens is 348 g/mol. The number of rotatable bonds is 5. The van der Waals surface area contributed by atoms with E-state index in [1.54, 1.807) is 12.1 Å². The van der Waals surface area contributed by atoms with E-state index >= 15 is 0 Å². The van der Waals surface area contributed by atoms with Crippen molar-refractivity contribution in [3.05, 3.63) is 59.1 Å². The summed E-state index contributed by atoms with van der Waals surface area (Å²) in [4.78, 5) is 1.52. The van der Waals surface area contributed by atoms with Gasteiger partial charge in [-0.15, -0.1) is 10.2 Å². The molecule has 0 saturated carbocycles. The molecule has 124 valence electrons. The predicted molar refractivity (Wildman–Crippen MR) is 91.5 cm³/mol. The summed E-state index contributed by atoms with van der Waals surface area (Å²) in [7, 11) is -3.42. The van der Waals surface area contributed by atoms with Gasteiger partial charge in [0.05, 0.1) is 17.2 Å². The Labute approximate surface area is 145 Å². The first-order chi connectivity index (χ1) is 11.4. The lowest BCUT2D eigenvalue weighted by Gasteiger charge is -2.03. The van der Waals surface area contributed by atoms with Gasteiger partial charge in [-0.1, -0.05) is 41.4 Å². The molecule has 0 saturated heterocycles. The summed E-state index contributed by atoms with van der Waals surface area (Å²) < 4.78 is 24.6. The monoisotopic (exact) mass is 362 g/mol. The molecule has 3 rings (SSSR count). The third-order valence-corrected chi connectivity index (χ3v) is 5.46. The van der Waals surface area contributed by atoms with Crippen LogP contribution in [0.1, 0.15) is 5.56 Å². The molecule has 0 unspecified atom stereocenters. The Hall–Kier alpha value is -2.25. The molecule has 0 atom stereocenters. The molecule has 1 aromatic heterocycles.